The molecule has 1 aromatic heterocycles. The number of ether oxygens (including phenoxy) is 4. The van der Waals surface area contributed by atoms with Crippen LogP contribution in [0.5, 0.6) is 23.0 Å². The lowest BCUT2D eigenvalue weighted by molar-refractivity contribution is -0.105. The first-order valence-corrected chi connectivity index (χ1v) is 13.1. The number of aromatic nitrogens is 1. The van der Waals surface area contributed by atoms with Gasteiger partial charge in [0.05, 0.1) is 19.2 Å². The van der Waals surface area contributed by atoms with Crippen molar-refractivity contribution < 1.29 is 32.9 Å². The van der Waals surface area contributed by atoms with Gasteiger partial charge in [0.25, 0.3) is 0 Å². The summed E-state index contributed by atoms with van der Waals surface area (Å²) in [5, 5.41) is 3.03. The molecule has 3 aromatic rings. The number of fused-ring (bicyclic) bond motifs is 1. The van der Waals surface area contributed by atoms with Crippen LogP contribution >= 0.6 is 0 Å². The molecule has 0 radical (unpaired) electrons. The largest absolute Gasteiger partial charge is 0.493 e. The number of anilines is 1. The van der Waals surface area contributed by atoms with Gasteiger partial charge in [-0.3, -0.25) is 14.7 Å². The topological polar surface area (TPSA) is 102 Å². The first-order chi connectivity index (χ1) is 19.2. The Kier molecular flexibility index (Phi) is 9.26. The number of halogens is 1. The van der Waals surface area contributed by atoms with Gasteiger partial charge in [0, 0.05) is 62.1 Å². The van der Waals surface area contributed by atoms with Gasteiger partial charge in [-0.1, -0.05) is 0 Å². The number of nitrogens with one attached hydrogen (secondary N) is 1. The molecule has 0 saturated carbocycles. The first-order valence-electron chi connectivity index (χ1n) is 13.1. The molecule has 4 rings (SSSR count). The smallest absolute Gasteiger partial charge is 0.410 e. The Morgan fingerprint density at radius 3 is 2.50 bits per heavy atom. The minimum absolute atomic E-state index is 0.00942. The maximum Gasteiger partial charge on any atom is 0.410 e. The monoisotopic (exact) mass is 554 g/mol. The number of piperazine rings is 1. The number of nitrogens with zero attached hydrogens (tertiary/aromatic N) is 3. The van der Waals surface area contributed by atoms with E-state index >= 15 is 0 Å². The van der Waals surface area contributed by atoms with Crippen molar-refractivity contribution in [2.45, 2.75) is 32.8 Å². The van der Waals surface area contributed by atoms with Gasteiger partial charge < -0.3 is 29.2 Å². The van der Waals surface area contributed by atoms with Crippen molar-refractivity contribution in [3.8, 4) is 23.0 Å². The fourth-order valence-electron chi connectivity index (χ4n) is 4.30. The first kappa shape index (κ1) is 28.9. The molecule has 214 valence electrons. The molecule has 11 heteroatoms. The second-order valence-electron chi connectivity index (χ2n) is 10.3. The molecular formula is C29H35FN4O6. The van der Waals surface area contributed by atoms with Gasteiger partial charge in [-0.05, 0) is 51.5 Å². The summed E-state index contributed by atoms with van der Waals surface area (Å²) in [5.41, 5.74) is 0.428. The van der Waals surface area contributed by atoms with Gasteiger partial charge in [0.1, 0.15) is 11.4 Å². The third kappa shape index (κ3) is 7.50. The molecule has 1 saturated heterocycles. The van der Waals surface area contributed by atoms with E-state index in [4.69, 9.17) is 18.9 Å². The van der Waals surface area contributed by atoms with Crippen molar-refractivity contribution >= 4 is 29.1 Å². The van der Waals surface area contributed by atoms with E-state index in [1.54, 1.807) is 42.5 Å². The molecule has 0 bridgehead atoms. The van der Waals surface area contributed by atoms with Crippen LogP contribution in [0.25, 0.3) is 10.9 Å². The van der Waals surface area contributed by atoms with Crippen molar-refractivity contribution in [3.63, 3.8) is 0 Å². The Bertz CT molecular complexity index is 1340. The van der Waals surface area contributed by atoms with Gasteiger partial charge in [0.15, 0.2) is 23.1 Å². The van der Waals surface area contributed by atoms with Gasteiger partial charge >= 0.3 is 6.09 Å². The summed E-state index contributed by atoms with van der Waals surface area (Å²) < 4.78 is 37.4. The van der Waals surface area contributed by atoms with Crippen molar-refractivity contribution in [2.24, 2.45) is 0 Å². The normalized spacial score (nSPS) is 14.1. The van der Waals surface area contributed by atoms with Crippen LogP contribution in [0.1, 0.15) is 27.2 Å². The van der Waals surface area contributed by atoms with Crippen LogP contribution in [0.4, 0.5) is 14.9 Å². The van der Waals surface area contributed by atoms with Gasteiger partial charge in [-0.25, -0.2) is 9.18 Å². The number of methoxy groups -OCH3 is 1. The standard InChI is InChI=1S/C29H35FN4O6/c1-29(2,3)40-28(36)34-13-11-33(12-14-34)10-5-15-38-27-18-23-21(17-26(27)37-4)24(8-9-31-23)39-25-7-6-20(32-19-35)16-22(25)30/h6-9,16-19H,5,10-15H2,1-4H3,(H,32,35). The summed E-state index contributed by atoms with van der Waals surface area (Å²) in [6.07, 6.45) is 2.58. The average molecular weight is 555 g/mol. The Labute approximate surface area is 233 Å². The fourth-order valence-corrected chi connectivity index (χ4v) is 4.30. The van der Waals surface area contributed by atoms with Crippen LogP contribution in [0.2, 0.25) is 0 Å². The third-order valence-electron chi connectivity index (χ3n) is 6.26. The lowest BCUT2D eigenvalue weighted by Crippen LogP contribution is -2.50. The number of carbonyl (C=O) groups excluding carboxylic acids is 2. The number of benzene rings is 2. The highest BCUT2D eigenvalue weighted by Crippen LogP contribution is 2.37. The number of hydrogen-bond acceptors (Lipinski definition) is 8. The minimum atomic E-state index is -0.616. The van der Waals surface area contributed by atoms with Crippen molar-refractivity contribution in [1.29, 1.82) is 0 Å². The summed E-state index contributed by atoms with van der Waals surface area (Å²) in [5.74, 6) is 0.840. The van der Waals surface area contributed by atoms with Gasteiger partial charge in [-0.2, -0.15) is 0 Å². The molecule has 1 aliphatic heterocycles. The van der Waals surface area contributed by atoms with Crippen LogP contribution in [0.3, 0.4) is 0 Å². The van der Waals surface area contributed by atoms with E-state index in [1.807, 2.05) is 20.8 Å². The van der Waals surface area contributed by atoms with Gasteiger partial charge in [-0.15, -0.1) is 0 Å². The fraction of sp³-hybridized carbons (Fsp3) is 0.414. The molecule has 0 aliphatic carbocycles. The quantitative estimate of drug-likeness (QED) is 0.274. The van der Waals surface area contributed by atoms with Crippen molar-refractivity contribution in [1.82, 2.24) is 14.8 Å². The lowest BCUT2D eigenvalue weighted by atomic mass is 10.1. The van der Waals surface area contributed by atoms with E-state index in [9.17, 15) is 14.0 Å². The zero-order valence-electron chi connectivity index (χ0n) is 23.2. The molecule has 0 spiro atoms. The zero-order valence-corrected chi connectivity index (χ0v) is 23.2. The molecular weight excluding hydrogens is 519 g/mol. The predicted molar refractivity (Wildman–Crippen MR) is 149 cm³/mol. The Morgan fingerprint density at radius 1 is 1.05 bits per heavy atom. The van der Waals surface area contributed by atoms with E-state index in [0.717, 1.165) is 26.1 Å². The Hall–Kier alpha value is -4.12. The number of amides is 2. The second kappa shape index (κ2) is 12.8. The molecule has 1 N–H and O–H groups in total. The molecule has 0 atom stereocenters. The van der Waals surface area contributed by atoms with Crippen LogP contribution < -0.4 is 19.5 Å². The van der Waals surface area contributed by atoms with E-state index in [1.165, 1.54) is 12.1 Å². The Morgan fingerprint density at radius 2 is 1.82 bits per heavy atom. The van der Waals surface area contributed by atoms with Gasteiger partial charge in [0.2, 0.25) is 6.41 Å². The minimum Gasteiger partial charge on any atom is -0.493 e. The number of pyridine rings is 1. The summed E-state index contributed by atoms with van der Waals surface area (Å²) >= 11 is 0. The van der Waals surface area contributed by atoms with Crippen LogP contribution in [-0.4, -0.2) is 79.3 Å². The SMILES string of the molecule is COc1cc2c(Oc3ccc(NC=O)cc3F)ccnc2cc1OCCCN1CCN(C(=O)OC(C)(C)C)CC1. The van der Waals surface area contributed by atoms with E-state index in [2.05, 4.69) is 15.2 Å². The molecule has 1 aliphatic rings. The third-order valence-corrected chi connectivity index (χ3v) is 6.26. The summed E-state index contributed by atoms with van der Waals surface area (Å²) in [4.78, 5) is 31.3. The maximum atomic E-state index is 14.5. The number of hydrogen-bond donors (Lipinski definition) is 1. The van der Waals surface area contributed by atoms with E-state index in [0.29, 0.717) is 59.9 Å². The van der Waals surface area contributed by atoms with Crippen molar-refractivity contribution in [3.05, 3.63) is 48.4 Å². The molecule has 40 heavy (non-hydrogen) atoms. The predicted octanol–water partition coefficient (Wildman–Crippen LogP) is 5.06. The highest BCUT2D eigenvalue weighted by atomic mass is 19.1. The molecule has 2 aromatic carbocycles. The molecule has 10 nitrogen and oxygen atoms in total. The van der Waals surface area contributed by atoms with Crippen LogP contribution in [0, 0.1) is 5.82 Å². The highest BCUT2D eigenvalue weighted by Gasteiger charge is 2.25. The Balaban J connectivity index is 1.34. The maximum absolute atomic E-state index is 14.5. The number of rotatable bonds is 10. The summed E-state index contributed by atoms with van der Waals surface area (Å²) in [7, 11) is 1.55. The van der Waals surface area contributed by atoms with Crippen molar-refractivity contribution in [2.75, 3.05) is 51.8 Å². The average Bonchev–Trinajstić information content (AvgIpc) is 2.92. The zero-order chi connectivity index (χ0) is 28.7. The molecule has 2 heterocycles. The molecule has 2 amide bonds. The summed E-state index contributed by atoms with van der Waals surface area (Å²) in [6.45, 7) is 9.73. The van der Waals surface area contributed by atoms with Crippen LogP contribution in [0.15, 0.2) is 42.6 Å². The number of carbonyl (C=O) groups is 2. The van der Waals surface area contributed by atoms with E-state index < -0.39 is 11.4 Å². The lowest BCUT2D eigenvalue weighted by Gasteiger charge is -2.35. The second-order valence-corrected chi connectivity index (χ2v) is 10.3. The van der Waals surface area contributed by atoms with Crippen LogP contribution in [-0.2, 0) is 9.53 Å². The molecule has 1 fully saturated rings. The van der Waals surface area contributed by atoms with E-state index in [-0.39, 0.29) is 11.8 Å². The highest BCUT2D eigenvalue weighted by molar-refractivity contribution is 5.88. The molecule has 0 unspecified atom stereocenters. The summed E-state index contributed by atoms with van der Waals surface area (Å²) in [6, 6.07) is 9.34.